The normalized spacial score (nSPS) is 26.7. The Bertz CT molecular complexity index is 2310. The van der Waals surface area contributed by atoms with Crippen LogP contribution in [0.3, 0.4) is 0 Å². The van der Waals surface area contributed by atoms with Crippen LogP contribution in [0, 0.1) is 18.3 Å². The van der Waals surface area contributed by atoms with Crippen LogP contribution in [0.2, 0.25) is 0 Å². The highest BCUT2D eigenvalue weighted by Crippen LogP contribution is 2.57. The summed E-state index contributed by atoms with van der Waals surface area (Å²) in [6, 6.07) is 9.43. The second-order valence-electron chi connectivity index (χ2n) is 15.2. The van der Waals surface area contributed by atoms with E-state index in [4.69, 9.17) is 9.72 Å². The third-order valence-corrected chi connectivity index (χ3v) is 13.1. The molecule has 0 bridgehead atoms. The van der Waals surface area contributed by atoms with Crippen molar-refractivity contribution >= 4 is 55.3 Å². The average molecular weight is 766 g/mol. The van der Waals surface area contributed by atoms with Crippen molar-refractivity contribution in [2.45, 2.75) is 94.6 Å². The van der Waals surface area contributed by atoms with Crippen molar-refractivity contribution in [3.8, 4) is 5.88 Å². The molecule has 8 rings (SSSR count). The molecule has 2 N–H and O–H groups in total. The van der Waals surface area contributed by atoms with E-state index in [0.717, 1.165) is 29.0 Å². The van der Waals surface area contributed by atoms with Crippen molar-refractivity contribution in [1.82, 2.24) is 34.9 Å². The molecular weight excluding hydrogens is 723 g/mol. The summed E-state index contributed by atoms with van der Waals surface area (Å²) in [4.78, 5) is 75.5. The van der Waals surface area contributed by atoms with Crippen LogP contribution >= 0.6 is 0 Å². The van der Waals surface area contributed by atoms with Crippen LogP contribution < -0.4 is 14.8 Å². The summed E-state index contributed by atoms with van der Waals surface area (Å²) < 4.78 is 34.6. The van der Waals surface area contributed by atoms with E-state index in [-0.39, 0.29) is 36.8 Å². The number of amides is 3. The van der Waals surface area contributed by atoms with Crippen LogP contribution in [-0.2, 0) is 24.4 Å². The van der Waals surface area contributed by atoms with Crippen LogP contribution in [0.15, 0.2) is 67.1 Å². The molecule has 2 aliphatic carbocycles. The molecule has 2 aliphatic heterocycles. The van der Waals surface area contributed by atoms with E-state index < -0.39 is 56.6 Å². The SMILES string of the molecule is Cc1cnc(C(=O)N[C@H]2CCCCC/C=C\[C@@H]3C[C@@]3(C(=O)NS(=O)(=O)C3CC3)CC(=O)[C@@H]3C[C@@H](Oc4nc5ncccc5c5ccccc45)CN3C2=O)cn1. The first-order valence-electron chi connectivity index (χ1n) is 19.0. The van der Waals surface area contributed by atoms with Crippen LogP contribution in [-0.4, -0.2) is 86.7 Å². The third kappa shape index (κ3) is 7.53. The number of hydrogen-bond donors (Lipinski definition) is 2. The molecule has 15 heteroatoms. The smallest absolute Gasteiger partial charge is 0.272 e. The topological polar surface area (TPSA) is 191 Å². The lowest BCUT2D eigenvalue weighted by molar-refractivity contribution is -0.140. The highest BCUT2D eigenvalue weighted by atomic mass is 32.2. The lowest BCUT2D eigenvalue weighted by Crippen LogP contribution is -2.52. The fraction of sp³-hybridized carbons (Fsp3) is 0.450. The molecule has 5 atom stereocenters. The first-order valence-corrected chi connectivity index (χ1v) is 20.5. The molecule has 0 radical (unpaired) electrons. The molecule has 1 aromatic carbocycles. The highest BCUT2D eigenvalue weighted by molar-refractivity contribution is 7.90. The van der Waals surface area contributed by atoms with Gasteiger partial charge in [-0.3, -0.25) is 28.9 Å². The van der Waals surface area contributed by atoms with Gasteiger partial charge >= 0.3 is 0 Å². The number of ketones is 1. The Balaban J connectivity index is 1.12. The summed E-state index contributed by atoms with van der Waals surface area (Å²) >= 11 is 0. The lowest BCUT2D eigenvalue weighted by atomic mass is 9.91. The van der Waals surface area contributed by atoms with Crippen molar-refractivity contribution in [2.24, 2.45) is 11.3 Å². The van der Waals surface area contributed by atoms with Gasteiger partial charge in [0.2, 0.25) is 27.7 Å². The van der Waals surface area contributed by atoms with Gasteiger partial charge in [0.1, 0.15) is 17.8 Å². The minimum atomic E-state index is -3.86. The summed E-state index contributed by atoms with van der Waals surface area (Å²) in [5.74, 6) is -2.08. The number of pyridine rings is 2. The molecular formula is C40H43N7O7S. The van der Waals surface area contributed by atoms with Crippen molar-refractivity contribution in [3.05, 3.63) is 78.5 Å². The van der Waals surface area contributed by atoms with Gasteiger partial charge in [-0.15, -0.1) is 0 Å². The number of allylic oxidation sites excluding steroid dienone is 2. The number of sulfonamides is 1. The number of fused-ring (bicyclic) bond motifs is 5. The number of Topliss-reactive ketones (excluding diaryl/α,β-unsaturated/α-hetero) is 1. The molecule has 0 spiro atoms. The van der Waals surface area contributed by atoms with Crippen LogP contribution in [0.25, 0.3) is 21.8 Å². The molecule has 14 nitrogen and oxygen atoms in total. The number of nitrogens with zero attached hydrogens (tertiary/aromatic N) is 5. The fourth-order valence-electron chi connectivity index (χ4n) is 7.94. The Hall–Kier alpha value is -5.31. The number of rotatable bonds is 7. The fourth-order valence-corrected chi connectivity index (χ4v) is 9.32. The van der Waals surface area contributed by atoms with E-state index in [1.165, 1.54) is 17.3 Å². The zero-order valence-electron chi connectivity index (χ0n) is 30.5. The molecule has 5 heterocycles. The second kappa shape index (κ2) is 14.7. The lowest BCUT2D eigenvalue weighted by Gasteiger charge is -2.29. The Morgan fingerprint density at radius 1 is 0.945 bits per heavy atom. The van der Waals surface area contributed by atoms with Crippen LogP contribution in [0.4, 0.5) is 0 Å². The minimum absolute atomic E-state index is 0.0147. The number of aromatic nitrogens is 4. The summed E-state index contributed by atoms with van der Waals surface area (Å²) in [7, 11) is -3.86. The summed E-state index contributed by atoms with van der Waals surface area (Å²) in [5.41, 5.74) is -0.0753. The molecule has 4 aliphatic rings. The van der Waals surface area contributed by atoms with Crippen molar-refractivity contribution in [1.29, 1.82) is 0 Å². The van der Waals surface area contributed by atoms with E-state index in [9.17, 15) is 27.6 Å². The molecule has 286 valence electrons. The van der Waals surface area contributed by atoms with Crippen LogP contribution in [0.5, 0.6) is 5.88 Å². The highest BCUT2D eigenvalue weighted by Gasteiger charge is 2.61. The molecule has 4 aromatic rings. The maximum atomic E-state index is 14.7. The van der Waals surface area contributed by atoms with E-state index in [0.29, 0.717) is 55.7 Å². The van der Waals surface area contributed by atoms with E-state index in [1.54, 1.807) is 13.1 Å². The third-order valence-electron chi connectivity index (χ3n) is 11.3. The quantitative estimate of drug-likeness (QED) is 0.203. The van der Waals surface area contributed by atoms with Gasteiger partial charge in [0, 0.05) is 36.0 Å². The van der Waals surface area contributed by atoms with Crippen molar-refractivity contribution < 1.29 is 32.3 Å². The van der Waals surface area contributed by atoms with Gasteiger partial charge in [0.05, 0.1) is 35.1 Å². The number of ether oxygens (including phenoxy) is 1. The van der Waals surface area contributed by atoms with E-state index >= 15 is 0 Å². The Kier molecular flexibility index (Phi) is 9.82. The number of carbonyl (C=O) groups is 4. The van der Waals surface area contributed by atoms with Gasteiger partial charge in [0.15, 0.2) is 11.4 Å². The molecule has 55 heavy (non-hydrogen) atoms. The molecule has 2 saturated carbocycles. The largest absolute Gasteiger partial charge is 0.472 e. The monoisotopic (exact) mass is 765 g/mol. The van der Waals surface area contributed by atoms with E-state index in [1.807, 2.05) is 48.6 Å². The van der Waals surface area contributed by atoms with Gasteiger partial charge in [-0.05, 0) is 75.0 Å². The van der Waals surface area contributed by atoms with Crippen LogP contribution in [0.1, 0.15) is 80.4 Å². The van der Waals surface area contributed by atoms with Gasteiger partial charge in [-0.1, -0.05) is 43.2 Å². The maximum Gasteiger partial charge on any atom is 0.272 e. The molecule has 1 saturated heterocycles. The molecule has 3 amide bonds. The maximum absolute atomic E-state index is 14.7. The Morgan fingerprint density at radius 2 is 1.75 bits per heavy atom. The molecule has 0 unspecified atom stereocenters. The minimum Gasteiger partial charge on any atom is -0.472 e. The number of carbonyl (C=O) groups excluding carboxylic acids is 4. The summed E-state index contributed by atoms with van der Waals surface area (Å²) in [5, 5.41) is 4.75. The predicted octanol–water partition coefficient (Wildman–Crippen LogP) is 4.12. The molecule has 3 aromatic heterocycles. The zero-order valence-corrected chi connectivity index (χ0v) is 31.3. The second-order valence-corrected chi connectivity index (χ2v) is 17.2. The first kappa shape index (κ1) is 36.7. The molecule has 3 fully saturated rings. The zero-order chi connectivity index (χ0) is 38.3. The summed E-state index contributed by atoms with van der Waals surface area (Å²) in [6.45, 7) is 1.77. The van der Waals surface area contributed by atoms with Gasteiger partial charge in [-0.25, -0.2) is 18.4 Å². The van der Waals surface area contributed by atoms with Gasteiger partial charge in [-0.2, -0.15) is 4.98 Å². The first-order chi connectivity index (χ1) is 26.5. The summed E-state index contributed by atoms with van der Waals surface area (Å²) in [6.07, 6.45) is 12.1. The Labute approximate surface area is 318 Å². The number of nitrogens with one attached hydrogen (secondary N) is 2. The number of benzene rings is 1. The average Bonchev–Trinajstić information content (AvgIpc) is 4.11. The Morgan fingerprint density at radius 3 is 2.53 bits per heavy atom. The number of aryl methyl sites for hydroxylation is 1. The van der Waals surface area contributed by atoms with Crippen molar-refractivity contribution in [3.63, 3.8) is 0 Å². The number of hydrogen-bond acceptors (Lipinski definition) is 11. The predicted molar refractivity (Wildman–Crippen MR) is 202 cm³/mol. The van der Waals surface area contributed by atoms with Crippen molar-refractivity contribution in [2.75, 3.05) is 6.54 Å². The van der Waals surface area contributed by atoms with Gasteiger partial charge in [0.25, 0.3) is 5.91 Å². The van der Waals surface area contributed by atoms with E-state index in [2.05, 4.69) is 25.0 Å². The van der Waals surface area contributed by atoms with Gasteiger partial charge < -0.3 is 15.0 Å². The standard InChI is InChI=1S/C40H43N7O7S/c1-24-21-43-32(22-42-24)36(49)44-31-14-6-4-2-3-5-10-25-19-40(25,39(51)46-55(52,53)27-15-16-27)20-34(48)33-18-26(23-47(33)38(31)50)54-37-30-12-8-7-11-28(30)29-13-9-17-41-35(29)45-37/h5,7-13,17,21-22,25-27,31,33H,2-4,6,14-16,18-20,23H2,1H3,(H,44,49)(H,46,51)/b10-5-/t25-,26-,31+,33+,40-/m1/s1.